The summed E-state index contributed by atoms with van der Waals surface area (Å²) in [5.74, 6) is -1.48. The molecule has 0 saturated carbocycles. The first-order valence-electron chi connectivity index (χ1n) is 6.32. The molecule has 0 heterocycles. The van der Waals surface area contributed by atoms with Crippen molar-refractivity contribution in [3.63, 3.8) is 0 Å². The average Bonchev–Trinajstić information content (AvgIpc) is 2.35. The number of carbonyl (C=O) groups is 1. The van der Waals surface area contributed by atoms with Gasteiger partial charge >= 0.3 is 5.97 Å². The zero-order valence-electron chi connectivity index (χ0n) is 11.2. The van der Waals surface area contributed by atoms with Gasteiger partial charge in [0.1, 0.15) is 11.6 Å². The van der Waals surface area contributed by atoms with Crippen LogP contribution in [0.25, 0.3) is 0 Å². The monoisotopic (exact) mass is 271 g/mol. The summed E-state index contributed by atoms with van der Waals surface area (Å²) in [6.45, 7) is 4.82. The molecule has 0 aromatic heterocycles. The second-order valence-electron chi connectivity index (χ2n) is 4.59. The molecule has 0 saturated heterocycles. The topological polar surface area (TPSA) is 38.3 Å². The van der Waals surface area contributed by atoms with Crippen LogP contribution in [0.3, 0.4) is 0 Å². The lowest BCUT2D eigenvalue weighted by Gasteiger charge is -2.08. The van der Waals surface area contributed by atoms with Crippen molar-refractivity contribution >= 4 is 5.97 Å². The molecule has 0 amide bonds. The number of benzene rings is 1. The molecule has 0 aliphatic heterocycles. The summed E-state index contributed by atoms with van der Waals surface area (Å²) in [5.41, 5.74) is 0.417. The van der Waals surface area contributed by atoms with Gasteiger partial charge in [0.25, 0.3) is 0 Å². The number of nitrogens with one attached hydrogen (secondary N) is 1. The minimum absolute atomic E-state index is 0.124. The maximum absolute atomic E-state index is 13.3. The van der Waals surface area contributed by atoms with E-state index in [1.165, 1.54) is 12.1 Å². The third-order valence-electron chi connectivity index (χ3n) is 2.54. The Balaban J connectivity index is 2.16. The van der Waals surface area contributed by atoms with E-state index in [1.54, 1.807) is 13.8 Å². The molecular weight excluding hydrogens is 252 g/mol. The molecule has 5 heteroatoms. The first kappa shape index (κ1) is 15.6. The van der Waals surface area contributed by atoms with Crippen molar-refractivity contribution in [1.29, 1.82) is 0 Å². The van der Waals surface area contributed by atoms with Gasteiger partial charge in [-0.15, -0.1) is 0 Å². The standard InChI is InChI=1S/C14H19F2NO2/c1-10(2)14(18)19-7-3-6-17-9-11-4-5-12(15)8-13(11)16/h4-5,8,10,17H,3,6-7,9H2,1-2H3. The van der Waals surface area contributed by atoms with Gasteiger partial charge in [-0.3, -0.25) is 4.79 Å². The number of esters is 1. The average molecular weight is 271 g/mol. The highest BCUT2D eigenvalue weighted by molar-refractivity contribution is 5.71. The summed E-state index contributed by atoms with van der Waals surface area (Å²) in [4.78, 5) is 11.1. The van der Waals surface area contributed by atoms with Gasteiger partial charge in [-0.25, -0.2) is 8.78 Å². The molecule has 1 N–H and O–H groups in total. The van der Waals surface area contributed by atoms with Crippen molar-refractivity contribution in [3.05, 3.63) is 35.4 Å². The van der Waals surface area contributed by atoms with Gasteiger partial charge in [-0.1, -0.05) is 19.9 Å². The number of hydrogen-bond acceptors (Lipinski definition) is 3. The quantitative estimate of drug-likeness (QED) is 0.612. The fourth-order valence-corrected chi connectivity index (χ4v) is 1.42. The van der Waals surface area contributed by atoms with E-state index in [-0.39, 0.29) is 11.9 Å². The van der Waals surface area contributed by atoms with Crippen LogP contribution in [0.15, 0.2) is 18.2 Å². The fourth-order valence-electron chi connectivity index (χ4n) is 1.42. The van der Waals surface area contributed by atoms with Crippen LogP contribution in [0, 0.1) is 17.6 Å². The van der Waals surface area contributed by atoms with Crippen molar-refractivity contribution in [3.8, 4) is 0 Å². The van der Waals surface area contributed by atoms with Crippen molar-refractivity contribution in [1.82, 2.24) is 5.32 Å². The van der Waals surface area contributed by atoms with Crippen LogP contribution in [0.4, 0.5) is 8.78 Å². The predicted octanol–water partition coefficient (Wildman–Crippen LogP) is 2.64. The lowest BCUT2D eigenvalue weighted by molar-refractivity contribution is -0.147. The van der Waals surface area contributed by atoms with Crippen molar-refractivity contribution in [2.45, 2.75) is 26.8 Å². The minimum atomic E-state index is -0.582. The Kier molecular flexibility index (Phi) is 6.42. The van der Waals surface area contributed by atoms with E-state index < -0.39 is 11.6 Å². The molecule has 19 heavy (non-hydrogen) atoms. The Morgan fingerprint density at radius 2 is 2.11 bits per heavy atom. The van der Waals surface area contributed by atoms with Gasteiger partial charge in [0.05, 0.1) is 12.5 Å². The van der Waals surface area contributed by atoms with Gasteiger partial charge in [-0.2, -0.15) is 0 Å². The summed E-state index contributed by atoms with van der Waals surface area (Å²) in [6.07, 6.45) is 0.654. The molecule has 0 aliphatic carbocycles. The first-order valence-corrected chi connectivity index (χ1v) is 6.32. The van der Waals surface area contributed by atoms with Crippen molar-refractivity contribution < 1.29 is 18.3 Å². The molecule has 0 bridgehead atoms. The Morgan fingerprint density at radius 1 is 1.37 bits per heavy atom. The summed E-state index contributed by atoms with van der Waals surface area (Å²) < 4.78 is 30.9. The highest BCUT2D eigenvalue weighted by Crippen LogP contribution is 2.08. The smallest absolute Gasteiger partial charge is 0.308 e. The molecule has 0 radical (unpaired) electrons. The summed E-state index contributed by atoms with van der Waals surface area (Å²) >= 11 is 0. The molecule has 1 aromatic carbocycles. The van der Waals surface area contributed by atoms with E-state index in [1.807, 2.05) is 0 Å². The number of hydrogen-bond donors (Lipinski definition) is 1. The van der Waals surface area contributed by atoms with Gasteiger partial charge < -0.3 is 10.1 Å². The predicted molar refractivity (Wildman–Crippen MR) is 68.5 cm³/mol. The van der Waals surface area contributed by atoms with Gasteiger partial charge in [0.15, 0.2) is 0 Å². The summed E-state index contributed by atoms with van der Waals surface area (Å²) in [7, 11) is 0. The van der Waals surface area contributed by atoms with Crippen molar-refractivity contribution in [2.24, 2.45) is 5.92 Å². The van der Waals surface area contributed by atoms with Crippen LogP contribution < -0.4 is 5.32 Å². The van der Waals surface area contributed by atoms with Gasteiger partial charge in [0, 0.05) is 18.2 Å². The lowest BCUT2D eigenvalue weighted by atomic mass is 10.2. The lowest BCUT2D eigenvalue weighted by Crippen LogP contribution is -2.19. The number of ether oxygens (including phenoxy) is 1. The number of carbonyl (C=O) groups excluding carboxylic acids is 1. The van der Waals surface area contributed by atoms with Crippen LogP contribution in [-0.4, -0.2) is 19.1 Å². The molecular formula is C14H19F2NO2. The molecule has 106 valence electrons. The summed E-state index contributed by atoms with van der Waals surface area (Å²) in [6, 6.07) is 3.50. The Hall–Kier alpha value is -1.49. The van der Waals surface area contributed by atoms with E-state index in [0.717, 1.165) is 6.07 Å². The van der Waals surface area contributed by atoms with Crippen LogP contribution in [0.5, 0.6) is 0 Å². The Labute approximate surface area is 112 Å². The van der Waals surface area contributed by atoms with E-state index in [0.29, 0.717) is 31.7 Å². The molecule has 1 aromatic rings. The molecule has 0 spiro atoms. The zero-order valence-corrected chi connectivity index (χ0v) is 11.2. The third-order valence-corrected chi connectivity index (χ3v) is 2.54. The summed E-state index contributed by atoms with van der Waals surface area (Å²) in [5, 5.41) is 3.01. The normalized spacial score (nSPS) is 10.8. The highest BCUT2D eigenvalue weighted by Gasteiger charge is 2.07. The van der Waals surface area contributed by atoms with Crippen LogP contribution in [0.1, 0.15) is 25.8 Å². The van der Waals surface area contributed by atoms with E-state index >= 15 is 0 Å². The molecule has 0 atom stereocenters. The molecule has 3 nitrogen and oxygen atoms in total. The van der Waals surface area contributed by atoms with Crippen LogP contribution in [0.2, 0.25) is 0 Å². The maximum atomic E-state index is 13.3. The van der Waals surface area contributed by atoms with E-state index in [4.69, 9.17) is 4.74 Å². The van der Waals surface area contributed by atoms with E-state index in [9.17, 15) is 13.6 Å². The molecule has 0 aliphatic rings. The van der Waals surface area contributed by atoms with Gasteiger partial charge in [0.2, 0.25) is 0 Å². The maximum Gasteiger partial charge on any atom is 0.308 e. The highest BCUT2D eigenvalue weighted by atomic mass is 19.1. The molecule has 0 unspecified atom stereocenters. The van der Waals surface area contributed by atoms with Crippen LogP contribution >= 0.6 is 0 Å². The zero-order chi connectivity index (χ0) is 14.3. The second-order valence-corrected chi connectivity index (χ2v) is 4.59. The first-order chi connectivity index (χ1) is 9.00. The van der Waals surface area contributed by atoms with Gasteiger partial charge in [-0.05, 0) is 19.0 Å². The fraction of sp³-hybridized carbons (Fsp3) is 0.500. The SMILES string of the molecule is CC(C)C(=O)OCCCNCc1ccc(F)cc1F. The minimum Gasteiger partial charge on any atom is -0.465 e. The molecule has 1 rings (SSSR count). The van der Waals surface area contributed by atoms with Crippen LogP contribution in [-0.2, 0) is 16.1 Å². The largest absolute Gasteiger partial charge is 0.465 e. The van der Waals surface area contributed by atoms with E-state index in [2.05, 4.69) is 5.32 Å². The Bertz CT molecular complexity index is 422. The number of halogens is 2. The second kappa shape index (κ2) is 7.84. The molecule has 0 fully saturated rings. The third kappa shape index (κ3) is 5.79. The number of rotatable bonds is 7. The van der Waals surface area contributed by atoms with Crippen molar-refractivity contribution in [2.75, 3.05) is 13.2 Å². The Morgan fingerprint density at radius 3 is 2.74 bits per heavy atom.